The molecule has 0 saturated heterocycles. The molecule has 1 fully saturated rings. The van der Waals surface area contributed by atoms with Crippen LogP contribution in [0.2, 0.25) is 0 Å². The van der Waals surface area contributed by atoms with Gasteiger partial charge in [-0.15, -0.1) is 0 Å². The molecular formula is C13H16N2O. The quantitative estimate of drug-likeness (QED) is 0.738. The lowest BCUT2D eigenvalue weighted by Gasteiger charge is -2.26. The van der Waals surface area contributed by atoms with Crippen molar-refractivity contribution in [3.8, 4) is 5.75 Å². The van der Waals surface area contributed by atoms with Crippen LogP contribution in [0.15, 0.2) is 24.3 Å². The first kappa shape index (κ1) is 9.73. The predicted octanol–water partition coefficient (Wildman–Crippen LogP) is 2.52. The van der Waals surface area contributed by atoms with E-state index >= 15 is 0 Å². The van der Waals surface area contributed by atoms with Crippen LogP contribution in [0, 0.1) is 0 Å². The van der Waals surface area contributed by atoms with Crippen LogP contribution in [0.1, 0.15) is 25.0 Å². The lowest BCUT2D eigenvalue weighted by molar-refractivity contribution is 0.337. The zero-order valence-corrected chi connectivity index (χ0v) is 9.16. The van der Waals surface area contributed by atoms with E-state index in [0.717, 1.165) is 17.4 Å². The third kappa shape index (κ3) is 1.78. The van der Waals surface area contributed by atoms with Gasteiger partial charge in [-0.1, -0.05) is 6.42 Å². The fraction of sp³-hybridized carbons (Fsp3) is 0.385. The molecule has 1 aliphatic carbocycles. The molecule has 1 saturated carbocycles. The van der Waals surface area contributed by atoms with Crippen LogP contribution in [0.3, 0.4) is 0 Å². The maximum Gasteiger partial charge on any atom is 0.116 e. The van der Waals surface area contributed by atoms with Crippen molar-refractivity contribution in [2.24, 2.45) is 0 Å². The smallest absolute Gasteiger partial charge is 0.116 e. The largest absolute Gasteiger partial charge is 0.508 e. The van der Waals surface area contributed by atoms with Crippen molar-refractivity contribution in [2.45, 2.75) is 31.8 Å². The average Bonchev–Trinajstić information content (AvgIpc) is 2.57. The van der Waals surface area contributed by atoms with Crippen molar-refractivity contribution in [3.63, 3.8) is 0 Å². The number of aromatic nitrogens is 1. The highest BCUT2D eigenvalue weighted by Crippen LogP contribution is 2.22. The van der Waals surface area contributed by atoms with Crippen molar-refractivity contribution >= 4 is 10.9 Å². The molecule has 1 aliphatic rings. The van der Waals surface area contributed by atoms with Crippen molar-refractivity contribution in [1.82, 2.24) is 10.3 Å². The summed E-state index contributed by atoms with van der Waals surface area (Å²) < 4.78 is 0. The second-order valence-corrected chi connectivity index (χ2v) is 4.57. The molecule has 3 rings (SSSR count). The van der Waals surface area contributed by atoms with Gasteiger partial charge in [0.25, 0.3) is 0 Å². The number of benzene rings is 1. The van der Waals surface area contributed by atoms with Crippen molar-refractivity contribution in [3.05, 3.63) is 30.0 Å². The van der Waals surface area contributed by atoms with Gasteiger partial charge in [-0.3, -0.25) is 0 Å². The van der Waals surface area contributed by atoms with E-state index in [9.17, 15) is 5.11 Å². The molecule has 84 valence electrons. The summed E-state index contributed by atoms with van der Waals surface area (Å²) in [4.78, 5) is 3.35. The molecule has 0 atom stereocenters. The van der Waals surface area contributed by atoms with Crippen molar-refractivity contribution < 1.29 is 5.11 Å². The molecule has 0 spiro atoms. The first-order valence-electron chi connectivity index (χ1n) is 5.85. The van der Waals surface area contributed by atoms with Crippen LogP contribution >= 0.6 is 0 Å². The van der Waals surface area contributed by atoms with Crippen LogP contribution in [-0.4, -0.2) is 16.1 Å². The molecule has 16 heavy (non-hydrogen) atoms. The molecule has 1 aromatic heterocycles. The standard InChI is InChI=1S/C13H16N2O/c16-12-4-5-13-9(7-12)6-11(15-13)8-14-10-2-1-3-10/h4-7,10,14-16H,1-3,8H2. The molecule has 3 heteroatoms. The molecule has 0 amide bonds. The Labute approximate surface area is 94.5 Å². The molecule has 0 bridgehead atoms. The summed E-state index contributed by atoms with van der Waals surface area (Å²) in [6.45, 7) is 0.889. The van der Waals surface area contributed by atoms with Crippen LogP contribution in [0.25, 0.3) is 10.9 Å². The van der Waals surface area contributed by atoms with Gasteiger partial charge in [-0.05, 0) is 37.1 Å². The maximum atomic E-state index is 9.38. The first-order chi connectivity index (χ1) is 7.81. The van der Waals surface area contributed by atoms with E-state index in [4.69, 9.17) is 0 Å². The van der Waals surface area contributed by atoms with E-state index in [2.05, 4.69) is 16.4 Å². The predicted molar refractivity (Wildman–Crippen MR) is 64.4 cm³/mol. The minimum Gasteiger partial charge on any atom is -0.508 e. The molecule has 1 aromatic carbocycles. The second-order valence-electron chi connectivity index (χ2n) is 4.57. The first-order valence-corrected chi connectivity index (χ1v) is 5.85. The lowest BCUT2D eigenvalue weighted by Crippen LogP contribution is -2.34. The van der Waals surface area contributed by atoms with Gasteiger partial charge >= 0.3 is 0 Å². The number of nitrogens with one attached hydrogen (secondary N) is 2. The Balaban J connectivity index is 1.76. The van der Waals surface area contributed by atoms with Gasteiger partial charge in [0.15, 0.2) is 0 Å². The number of H-pyrrole nitrogens is 1. The van der Waals surface area contributed by atoms with Crippen molar-refractivity contribution in [2.75, 3.05) is 0 Å². The molecule has 0 radical (unpaired) electrons. The normalized spacial score (nSPS) is 16.5. The van der Waals surface area contributed by atoms with E-state index in [-0.39, 0.29) is 0 Å². The summed E-state index contributed by atoms with van der Waals surface area (Å²) in [6.07, 6.45) is 3.97. The van der Waals surface area contributed by atoms with Gasteiger partial charge in [-0.2, -0.15) is 0 Å². The van der Waals surface area contributed by atoms with Gasteiger partial charge in [-0.25, -0.2) is 0 Å². The minimum atomic E-state index is 0.324. The molecule has 2 aromatic rings. The summed E-state index contributed by atoms with van der Waals surface area (Å²) in [5, 5.41) is 14.0. The van der Waals surface area contributed by atoms with Gasteiger partial charge in [0.1, 0.15) is 5.75 Å². The number of hydrogen-bond acceptors (Lipinski definition) is 2. The summed E-state index contributed by atoms with van der Waals surface area (Å²) >= 11 is 0. The van der Waals surface area contributed by atoms with Gasteiger partial charge in [0.2, 0.25) is 0 Å². The number of aromatic hydroxyl groups is 1. The molecule has 0 aliphatic heterocycles. The Hall–Kier alpha value is -1.48. The zero-order chi connectivity index (χ0) is 11.0. The highest BCUT2D eigenvalue weighted by atomic mass is 16.3. The van der Waals surface area contributed by atoms with E-state index in [1.807, 2.05) is 6.07 Å². The lowest BCUT2D eigenvalue weighted by atomic mass is 9.93. The van der Waals surface area contributed by atoms with Crippen LogP contribution < -0.4 is 5.32 Å². The fourth-order valence-corrected chi connectivity index (χ4v) is 2.14. The molecule has 3 N–H and O–H groups in total. The van der Waals surface area contributed by atoms with E-state index in [1.54, 1.807) is 12.1 Å². The summed E-state index contributed by atoms with van der Waals surface area (Å²) in [5.74, 6) is 0.324. The fourth-order valence-electron chi connectivity index (χ4n) is 2.14. The Morgan fingerprint density at radius 1 is 1.31 bits per heavy atom. The van der Waals surface area contributed by atoms with Crippen LogP contribution in [-0.2, 0) is 6.54 Å². The van der Waals surface area contributed by atoms with Crippen LogP contribution in [0.4, 0.5) is 0 Å². The number of hydrogen-bond donors (Lipinski definition) is 3. The van der Waals surface area contributed by atoms with Gasteiger partial charge < -0.3 is 15.4 Å². The average molecular weight is 216 g/mol. The molecule has 0 unspecified atom stereocenters. The van der Waals surface area contributed by atoms with E-state index < -0.39 is 0 Å². The third-order valence-corrected chi connectivity index (χ3v) is 3.35. The zero-order valence-electron chi connectivity index (χ0n) is 9.16. The Morgan fingerprint density at radius 2 is 2.19 bits per heavy atom. The SMILES string of the molecule is Oc1ccc2[nH]c(CNC3CCC3)cc2c1. The highest BCUT2D eigenvalue weighted by molar-refractivity contribution is 5.81. The summed E-state index contributed by atoms with van der Waals surface area (Å²) in [5.41, 5.74) is 2.27. The highest BCUT2D eigenvalue weighted by Gasteiger charge is 2.16. The minimum absolute atomic E-state index is 0.324. The number of phenols is 1. The third-order valence-electron chi connectivity index (χ3n) is 3.35. The summed E-state index contributed by atoms with van der Waals surface area (Å²) in [6, 6.07) is 8.22. The Morgan fingerprint density at radius 3 is 2.94 bits per heavy atom. The number of rotatable bonds is 3. The number of fused-ring (bicyclic) bond motifs is 1. The second kappa shape index (κ2) is 3.83. The molecule has 3 nitrogen and oxygen atoms in total. The molecular weight excluding hydrogens is 200 g/mol. The van der Waals surface area contributed by atoms with E-state index in [1.165, 1.54) is 25.0 Å². The maximum absolute atomic E-state index is 9.38. The number of aromatic amines is 1. The Bertz CT molecular complexity index is 500. The van der Waals surface area contributed by atoms with E-state index in [0.29, 0.717) is 11.8 Å². The van der Waals surface area contributed by atoms with Crippen LogP contribution in [0.5, 0.6) is 5.75 Å². The number of phenolic OH excluding ortho intramolecular Hbond substituents is 1. The van der Waals surface area contributed by atoms with Gasteiger partial charge in [0, 0.05) is 29.2 Å². The monoisotopic (exact) mass is 216 g/mol. The van der Waals surface area contributed by atoms with Gasteiger partial charge in [0.05, 0.1) is 0 Å². The van der Waals surface area contributed by atoms with Crippen molar-refractivity contribution in [1.29, 1.82) is 0 Å². The molecule has 1 heterocycles. The Kier molecular flexibility index (Phi) is 2.33. The summed E-state index contributed by atoms with van der Waals surface area (Å²) in [7, 11) is 0. The topological polar surface area (TPSA) is 48.0 Å².